The summed E-state index contributed by atoms with van der Waals surface area (Å²) in [6, 6.07) is 0. The summed E-state index contributed by atoms with van der Waals surface area (Å²) in [6.07, 6.45) is 7.69. The number of halogens is 1. The highest BCUT2D eigenvalue weighted by Crippen LogP contribution is 2.12. The van der Waals surface area contributed by atoms with Gasteiger partial charge in [-0.05, 0) is 25.2 Å². The molecule has 23 heavy (non-hydrogen) atoms. The van der Waals surface area contributed by atoms with Gasteiger partial charge in [0.25, 0.3) is 0 Å². The van der Waals surface area contributed by atoms with Crippen molar-refractivity contribution >= 4 is 29.9 Å². The van der Waals surface area contributed by atoms with Gasteiger partial charge in [0.05, 0.1) is 19.3 Å². The third-order valence-electron chi connectivity index (χ3n) is 4.19. The molecule has 2 atom stereocenters. The van der Waals surface area contributed by atoms with Crippen molar-refractivity contribution < 1.29 is 9.47 Å². The van der Waals surface area contributed by atoms with Gasteiger partial charge in [-0.25, -0.2) is 0 Å². The van der Waals surface area contributed by atoms with Gasteiger partial charge in [-0.1, -0.05) is 33.1 Å². The molecule has 0 aromatic rings. The fourth-order valence-electron chi connectivity index (χ4n) is 2.64. The number of nitrogens with zero attached hydrogens (tertiary/aromatic N) is 1. The molecule has 1 aliphatic heterocycles. The molecule has 0 spiro atoms. The molecule has 0 aromatic carbocycles. The Morgan fingerprint density at radius 2 is 2.17 bits per heavy atom. The highest BCUT2D eigenvalue weighted by molar-refractivity contribution is 14.0. The first-order valence-corrected chi connectivity index (χ1v) is 8.94. The van der Waals surface area contributed by atoms with Crippen LogP contribution >= 0.6 is 24.0 Å². The van der Waals surface area contributed by atoms with E-state index in [1.165, 1.54) is 32.1 Å². The van der Waals surface area contributed by atoms with Crippen molar-refractivity contribution in [2.75, 3.05) is 40.0 Å². The van der Waals surface area contributed by atoms with E-state index in [-0.39, 0.29) is 24.0 Å². The summed E-state index contributed by atoms with van der Waals surface area (Å²) in [6.45, 7) is 8.56. The molecule has 6 heteroatoms. The monoisotopic (exact) mass is 441 g/mol. The number of nitrogens with one attached hydrogen (secondary N) is 2. The molecular weight excluding hydrogens is 405 g/mol. The number of aliphatic imine (C=N–C) groups is 1. The van der Waals surface area contributed by atoms with Crippen LogP contribution in [0.2, 0.25) is 0 Å². The summed E-state index contributed by atoms with van der Waals surface area (Å²) in [7, 11) is 1.82. The van der Waals surface area contributed by atoms with Crippen molar-refractivity contribution in [3.05, 3.63) is 0 Å². The SMILES string of the molecule is CCCCC(CC)CNC(=NC)NCCOCC1CCCO1.I. The molecule has 0 radical (unpaired) electrons. The van der Waals surface area contributed by atoms with E-state index in [9.17, 15) is 0 Å². The Labute approximate surface area is 159 Å². The van der Waals surface area contributed by atoms with Crippen LogP contribution in [0.5, 0.6) is 0 Å². The maximum Gasteiger partial charge on any atom is 0.191 e. The van der Waals surface area contributed by atoms with Gasteiger partial charge in [0.2, 0.25) is 0 Å². The maximum atomic E-state index is 5.64. The van der Waals surface area contributed by atoms with E-state index in [4.69, 9.17) is 9.47 Å². The molecule has 0 bridgehead atoms. The number of unbranched alkanes of at least 4 members (excludes halogenated alkanes) is 1. The Morgan fingerprint density at radius 3 is 2.78 bits per heavy atom. The number of hydrogen-bond donors (Lipinski definition) is 2. The normalized spacial score (nSPS) is 19.3. The standard InChI is InChI=1S/C17H35N3O2.HI/c1-4-6-8-15(5-2)13-20-17(18-3)19-10-12-21-14-16-9-7-11-22-16;/h15-16H,4-14H2,1-3H3,(H2,18,19,20);1H. The van der Waals surface area contributed by atoms with Gasteiger partial charge in [-0.2, -0.15) is 0 Å². The van der Waals surface area contributed by atoms with Gasteiger partial charge >= 0.3 is 0 Å². The van der Waals surface area contributed by atoms with Crippen LogP contribution in [0.3, 0.4) is 0 Å². The van der Waals surface area contributed by atoms with E-state index < -0.39 is 0 Å². The van der Waals surface area contributed by atoms with Crippen LogP contribution in [0, 0.1) is 5.92 Å². The lowest BCUT2D eigenvalue weighted by Crippen LogP contribution is -2.41. The first kappa shape index (κ1) is 22.9. The Morgan fingerprint density at radius 1 is 1.35 bits per heavy atom. The minimum Gasteiger partial charge on any atom is -0.377 e. The van der Waals surface area contributed by atoms with Crippen molar-refractivity contribution in [1.82, 2.24) is 10.6 Å². The molecule has 2 N–H and O–H groups in total. The summed E-state index contributed by atoms with van der Waals surface area (Å²) in [5, 5.41) is 6.72. The topological polar surface area (TPSA) is 54.9 Å². The average molecular weight is 441 g/mol. The number of rotatable bonds is 11. The van der Waals surface area contributed by atoms with Gasteiger partial charge in [-0.3, -0.25) is 4.99 Å². The molecule has 1 heterocycles. The summed E-state index contributed by atoms with van der Waals surface area (Å²) >= 11 is 0. The van der Waals surface area contributed by atoms with Crippen LogP contribution in [0.25, 0.3) is 0 Å². The molecule has 1 aliphatic rings. The zero-order chi connectivity index (χ0) is 16.0. The Kier molecular flexibility index (Phi) is 15.4. The molecular formula is C17H36IN3O2. The van der Waals surface area contributed by atoms with Crippen LogP contribution in [0.4, 0.5) is 0 Å². The summed E-state index contributed by atoms with van der Waals surface area (Å²) in [5.41, 5.74) is 0. The third kappa shape index (κ3) is 11.2. The number of hydrogen-bond acceptors (Lipinski definition) is 3. The quantitative estimate of drug-likeness (QED) is 0.224. The second kappa shape index (κ2) is 15.4. The largest absolute Gasteiger partial charge is 0.377 e. The van der Waals surface area contributed by atoms with E-state index in [1.54, 1.807) is 0 Å². The van der Waals surface area contributed by atoms with Crippen molar-refractivity contribution in [2.45, 2.75) is 58.5 Å². The van der Waals surface area contributed by atoms with Gasteiger partial charge in [-0.15, -0.1) is 24.0 Å². The second-order valence-corrected chi connectivity index (χ2v) is 6.01. The van der Waals surface area contributed by atoms with E-state index >= 15 is 0 Å². The Balaban J connectivity index is 0.00000484. The van der Waals surface area contributed by atoms with Gasteiger partial charge < -0.3 is 20.1 Å². The first-order chi connectivity index (χ1) is 10.8. The van der Waals surface area contributed by atoms with E-state index in [0.29, 0.717) is 19.3 Å². The highest BCUT2D eigenvalue weighted by Gasteiger charge is 2.15. The highest BCUT2D eigenvalue weighted by atomic mass is 127. The predicted octanol–water partition coefficient (Wildman–Crippen LogP) is 3.18. The van der Waals surface area contributed by atoms with E-state index in [1.807, 2.05) is 7.05 Å². The Bertz CT molecular complexity index is 298. The van der Waals surface area contributed by atoms with Crippen LogP contribution in [-0.2, 0) is 9.47 Å². The molecule has 1 saturated heterocycles. The fraction of sp³-hybridized carbons (Fsp3) is 0.941. The van der Waals surface area contributed by atoms with Crippen LogP contribution in [0.1, 0.15) is 52.4 Å². The van der Waals surface area contributed by atoms with E-state index in [0.717, 1.165) is 38.0 Å². The average Bonchev–Trinajstić information content (AvgIpc) is 3.06. The lowest BCUT2D eigenvalue weighted by Gasteiger charge is -2.18. The lowest BCUT2D eigenvalue weighted by molar-refractivity contribution is 0.0191. The van der Waals surface area contributed by atoms with Gasteiger partial charge in [0.15, 0.2) is 5.96 Å². The number of ether oxygens (including phenoxy) is 2. The number of guanidine groups is 1. The fourth-order valence-corrected chi connectivity index (χ4v) is 2.64. The van der Waals surface area contributed by atoms with Crippen molar-refractivity contribution in [3.8, 4) is 0 Å². The molecule has 1 rings (SSSR count). The predicted molar refractivity (Wildman–Crippen MR) is 108 cm³/mol. The zero-order valence-corrected chi connectivity index (χ0v) is 17.4. The van der Waals surface area contributed by atoms with Crippen LogP contribution < -0.4 is 10.6 Å². The van der Waals surface area contributed by atoms with Crippen LogP contribution in [-0.4, -0.2) is 52.0 Å². The van der Waals surface area contributed by atoms with E-state index in [2.05, 4.69) is 29.5 Å². The summed E-state index contributed by atoms with van der Waals surface area (Å²) < 4.78 is 11.2. The van der Waals surface area contributed by atoms with Gasteiger partial charge in [0, 0.05) is 26.7 Å². The maximum absolute atomic E-state index is 5.64. The second-order valence-electron chi connectivity index (χ2n) is 6.01. The smallest absolute Gasteiger partial charge is 0.191 e. The van der Waals surface area contributed by atoms with Crippen LogP contribution in [0.15, 0.2) is 4.99 Å². The molecule has 0 aromatic heterocycles. The summed E-state index contributed by atoms with van der Waals surface area (Å²) in [5.74, 6) is 1.60. The summed E-state index contributed by atoms with van der Waals surface area (Å²) in [4.78, 5) is 4.26. The minimum atomic E-state index is 0. The molecule has 0 aliphatic carbocycles. The molecule has 0 amide bonds. The van der Waals surface area contributed by atoms with Crippen molar-refractivity contribution in [3.63, 3.8) is 0 Å². The molecule has 2 unspecified atom stereocenters. The molecule has 138 valence electrons. The van der Waals surface area contributed by atoms with Gasteiger partial charge in [0.1, 0.15) is 0 Å². The van der Waals surface area contributed by atoms with Crippen molar-refractivity contribution in [2.24, 2.45) is 10.9 Å². The van der Waals surface area contributed by atoms with Crippen molar-refractivity contribution in [1.29, 1.82) is 0 Å². The lowest BCUT2D eigenvalue weighted by atomic mass is 9.99. The molecule has 5 nitrogen and oxygen atoms in total. The molecule has 0 saturated carbocycles. The first-order valence-electron chi connectivity index (χ1n) is 8.94. The third-order valence-corrected chi connectivity index (χ3v) is 4.19. The Hall–Kier alpha value is -0.0800. The zero-order valence-electron chi connectivity index (χ0n) is 15.1. The minimum absolute atomic E-state index is 0. The molecule has 1 fully saturated rings.